The Labute approximate surface area is 247 Å². The van der Waals surface area contributed by atoms with Gasteiger partial charge in [0.15, 0.2) is 0 Å². The molecule has 2 saturated heterocycles. The standard InChI is InChI=1S/C31H35F3N4O5/c1-19-5-3-6-20(2)27(19)35-28(40)30(42)36-12-4-7-24(17-36)38-14-13-37(18-26(38)39)29(41)23-15-22(16-23)21-8-10-25(11-9-21)43-31(32,33)34/h3,5-6,8-11,22-24H,4,7,12-18H2,1-2H3,(H,35,40). The molecule has 4 amide bonds. The third-order valence-electron chi connectivity index (χ3n) is 8.68. The molecular formula is C31H35F3N4O5. The summed E-state index contributed by atoms with van der Waals surface area (Å²) in [4.78, 5) is 56.8. The van der Waals surface area contributed by atoms with E-state index in [-0.39, 0.29) is 48.5 Å². The molecule has 1 aliphatic carbocycles. The predicted molar refractivity (Wildman–Crippen MR) is 151 cm³/mol. The molecule has 43 heavy (non-hydrogen) atoms. The second-order valence-corrected chi connectivity index (χ2v) is 11.6. The predicted octanol–water partition coefficient (Wildman–Crippen LogP) is 4.00. The Hall–Kier alpha value is -4.09. The minimum atomic E-state index is -4.75. The average Bonchev–Trinajstić information content (AvgIpc) is 2.94. The number of anilines is 1. The monoisotopic (exact) mass is 600 g/mol. The Kier molecular flexibility index (Phi) is 8.66. The number of piperazine rings is 1. The summed E-state index contributed by atoms with van der Waals surface area (Å²) in [6, 6.07) is 11.1. The van der Waals surface area contributed by atoms with Gasteiger partial charge in [-0.15, -0.1) is 13.2 Å². The number of alkyl halides is 3. The second-order valence-electron chi connectivity index (χ2n) is 11.6. The Bertz CT molecular complexity index is 1370. The lowest BCUT2D eigenvalue weighted by atomic mass is 9.70. The lowest BCUT2D eigenvalue weighted by molar-refractivity contribution is -0.274. The van der Waals surface area contributed by atoms with Gasteiger partial charge in [0.1, 0.15) is 5.75 Å². The van der Waals surface area contributed by atoms with Gasteiger partial charge in [0.05, 0.1) is 6.54 Å². The molecule has 1 unspecified atom stereocenters. The van der Waals surface area contributed by atoms with Crippen molar-refractivity contribution in [2.45, 2.75) is 57.9 Å². The van der Waals surface area contributed by atoms with Gasteiger partial charge in [0.25, 0.3) is 0 Å². The van der Waals surface area contributed by atoms with Crippen LogP contribution in [-0.4, -0.2) is 83.5 Å². The fraction of sp³-hybridized carbons (Fsp3) is 0.484. The van der Waals surface area contributed by atoms with Crippen LogP contribution in [0.5, 0.6) is 5.75 Å². The van der Waals surface area contributed by atoms with Crippen molar-refractivity contribution >= 4 is 29.3 Å². The normalized spacial score (nSPS) is 22.6. The lowest BCUT2D eigenvalue weighted by Gasteiger charge is -2.44. The van der Waals surface area contributed by atoms with E-state index in [1.54, 1.807) is 21.9 Å². The Morgan fingerprint density at radius 1 is 0.930 bits per heavy atom. The van der Waals surface area contributed by atoms with Crippen LogP contribution in [0.4, 0.5) is 18.9 Å². The van der Waals surface area contributed by atoms with E-state index >= 15 is 0 Å². The number of benzene rings is 2. The molecule has 2 aromatic rings. The van der Waals surface area contributed by atoms with Crippen LogP contribution in [0.25, 0.3) is 0 Å². The maximum absolute atomic E-state index is 13.1. The van der Waals surface area contributed by atoms with Crippen molar-refractivity contribution in [3.8, 4) is 5.75 Å². The molecule has 3 fully saturated rings. The molecule has 0 aromatic heterocycles. The van der Waals surface area contributed by atoms with Crippen LogP contribution in [0.15, 0.2) is 42.5 Å². The van der Waals surface area contributed by atoms with E-state index in [4.69, 9.17) is 0 Å². The largest absolute Gasteiger partial charge is 0.573 e. The smallest absolute Gasteiger partial charge is 0.406 e. The molecule has 3 aliphatic rings. The summed E-state index contributed by atoms with van der Waals surface area (Å²) in [6.07, 6.45) is -2.25. The first-order chi connectivity index (χ1) is 20.4. The number of carbonyl (C=O) groups is 4. The van der Waals surface area contributed by atoms with Gasteiger partial charge < -0.3 is 24.8 Å². The zero-order valence-corrected chi connectivity index (χ0v) is 24.2. The molecule has 230 valence electrons. The molecule has 5 rings (SSSR count). The highest BCUT2D eigenvalue weighted by atomic mass is 19.4. The van der Waals surface area contributed by atoms with Crippen molar-refractivity contribution in [3.63, 3.8) is 0 Å². The Balaban J connectivity index is 1.10. The number of nitrogens with zero attached hydrogens (tertiary/aromatic N) is 3. The van der Waals surface area contributed by atoms with E-state index in [2.05, 4.69) is 10.1 Å². The molecule has 0 bridgehead atoms. The number of ether oxygens (including phenoxy) is 1. The molecule has 2 aliphatic heterocycles. The molecule has 1 saturated carbocycles. The van der Waals surface area contributed by atoms with Crippen molar-refractivity contribution < 1.29 is 37.1 Å². The number of nitrogens with one attached hydrogen (secondary N) is 1. The van der Waals surface area contributed by atoms with Gasteiger partial charge in [-0.05, 0) is 74.3 Å². The Morgan fingerprint density at radius 3 is 2.23 bits per heavy atom. The zero-order valence-electron chi connectivity index (χ0n) is 24.2. The summed E-state index contributed by atoms with van der Waals surface area (Å²) in [5.74, 6) is -2.08. The topological polar surface area (TPSA) is 99.3 Å². The number of hydrogen-bond donors (Lipinski definition) is 1. The van der Waals surface area contributed by atoms with Crippen molar-refractivity contribution in [2.75, 3.05) is 38.0 Å². The molecule has 0 spiro atoms. The van der Waals surface area contributed by atoms with Gasteiger partial charge in [-0.3, -0.25) is 19.2 Å². The van der Waals surface area contributed by atoms with E-state index in [1.165, 1.54) is 17.0 Å². The highest BCUT2D eigenvalue weighted by molar-refractivity contribution is 6.39. The number of piperidine rings is 1. The first kappa shape index (κ1) is 30.4. The number of amides is 4. The highest BCUT2D eigenvalue weighted by Crippen LogP contribution is 2.43. The van der Waals surface area contributed by atoms with Crippen molar-refractivity contribution in [1.82, 2.24) is 14.7 Å². The van der Waals surface area contributed by atoms with Crippen molar-refractivity contribution in [3.05, 3.63) is 59.2 Å². The number of aryl methyl sites for hydroxylation is 2. The summed E-state index contributed by atoms with van der Waals surface area (Å²) >= 11 is 0. The van der Waals surface area contributed by atoms with Crippen LogP contribution in [0.1, 0.15) is 48.3 Å². The summed E-state index contributed by atoms with van der Waals surface area (Å²) in [6.45, 7) is 5.11. The van der Waals surface area contributed by atoms with E-state index < -0.39 is 18.2 Å². The van der Waals surface area contributed by atoms with E-state index in [9.17, 15) is 32.3 Å². The van der Waals surface area contributed by atoms with Crippen LogP contribution in [-0.2, 0) is 19.2 Å². The maximum Gasteiger partial charge on any atom is 0.573 e. The van der Waals surface area contributed by atoms with Crippen LogP contribution in [0, 0.1) is 19.8 Å². The number of rotatable bonds is 5. The molecule has 9 nitrogen and oxygen atoms in total. The van der Waals surface area contributed by atoms with Crippen LogP contribution < -0.4 is 10.1 Å². The van der Waals surface area contributed by atoms with Crippen LogP contribution >= 0.6 is 0 Å². The SMILES string of the molecule is Cc1cccc(C)c1NC(=O)C(=O)N1CCCC(N2CCN(C(=O)C3CC(c4ccc(OC(F)(F)F)cc4)C3)CC2=O)C1. The summed E-state index contributed by atoms with van der Waals surface area (Å²) in [5.41, 5.74) is 3.19. The van der Waals surface area contributed by atoms with Crippen molar-refractivity contribution in [2.24, 2.45) is 5.92 Å². The summed E-state index contributed by atoms with van der Waals surface area (Å²) in [7, 11) is 0. The first-order valence-corrected chi connectivity index (χ1v) is 14.5. The molecule has 1 atom stereocenters. The number of para-hydroxylation sites is 1. The van der Waals surface area contributed by atoms with Gasteiger partial charge in [0.2, 0.25) is 11.8 Å². The third kappa shape index (κ3) is 6.94. The average molecular weight is 601 g/mol. The molecule has 2 aromatic carbocycles. The van der Waals surface area contributed by atoms with Gasteiger partial charge in [-0.25, -0.2) is 0 Å². The molecule has 2 heterocycles. The number of likely N-dealkylation sites (tertiary alicyclic amines) is 1. The second kappa shape index (κ2) is 12.3. The minimum absolute atomic E-state index is 0.0407. The summed E-state index contributed by atoms with van der Waals surface area (Å²) < 4.78 is 41.1. The van der Waals surface area contributed by atoms with E-state index in [0.29, 0.717) is 51.0 Å². The quantitative estimate of drug-likeness (QED) is 0.524. The van der Waals surface area contributed by atoms with Gasteiger partial charge in [-0.2, -0.15) is 0 Å². The zero-order chi connectivity index (χ0) is 30.9. The van der Waals surface area contributed by atoms with Gasteiger partial charge in [-0.1, -0.05) is 30.3 Å². The number of carbonyl (C=O) groups excluding carboxylic acids is 4. The van der Waals surface area contributed by atoms with E-state index in [1.807, 2.05) is 32.0 Å². The minimum Gasteiger partial charge on any atom is -0.406 e. The highest BCUT2D eigenvalue weighted by Gasteiger charge is 2.41. The first-order valence-electron chi connectivity index (χ1n) is 14.5. The molecular weight excluding hydrogens is 565 g/mol. The Morgan fingerprint density at radius 2 is 1.60 bits per heavy atom. The fourth-order valence-electron chi connectivity index (χ4n) is 6.27. The van der Waals surface area contributed by atoms with Gasteiger partial charge in [0, 0.05) is 43.8 Å². The number of hydrogen-bond acceptors (Lipinski definition) is 5. The van der Waals surface area contributed by atoms with Crippen LogP contribution in [0.3, 0.4) is 0 Å². The maximum atomic E-state index is 13.1. The van der Waals surface area contributed by atoms with Crippen LogP contribution in [0.2, 0.25) is 0 Å². The van der Waals surface area contributed by atoms with Crippen molar-refractivity contribution in [1.29, 1.82) is 0 Å². The van der Waals surface area contributed by atoms with E-state index in [0.717, 1.165) is 16.7 Å². The lowest BCUT2D eigenvalue weighted by Crippen LogP contribution is -2.60. The third-order valence-corrected chi connectivity index (χ3v) is 8.68. The molecule has 1 N–H and O–H groups in total. The molecule has 0 radical (unpaired) electrons. The number of halogens is 3. The summed E-state index contributed by atoms with van der Waals surface area (Å²) in [5, 5.41) is 2.74. The molecule has 12 heteroatoms. The van der Waals surface area contributed by atoms with Gasteiger partial charge >= 0.3 is 18.2 Å². The fourth-order valence-corrected chi connectivity index (χ4v) is 6.27.